The van der Waals surface area contributed by atoms with Crippen molar-refractivity contribution in [2.24, 2.45) is 0 Å². The van der Waals surface area contributed by atoms with Crippen LogP contribution in [0.5, 0.6) is 0 Å². The molecule has 0 atom stereocenters. The smallest absolute Gasteiger partial charge is 0.264 e. The molecule has 0 saturated carbocycles. The van der Waals surface area contributed by atoms with Crippen molar-refractivity contribution in [1.29, 1.82) is 0 Å². The first-order valence-corrected chi connectivity index (χ1v) is 13.7. The molecule has 1 aromatic heterocycles. The third-order valence-corrected chi connectivity index (χ3v) is 9.05. The number of hydrogen-bond acceptors (Lipinski definition) is 5. The monoisotopic (exact) mass is 521 g/mol. The Hall–Kier alpha value is -3.56. The molecule has 4 aromatic rings. The highest BCUT2D eigenvalue weighted by Crippen LogP contribution is 2.38. The van der Waals surface area contributed by atoms with E-state index < -0.39 is 10.0 Å². The number of fused-ring (bicyclic) bond motifs is 1. The molecule has 0 radical (unpaired) electrons. The Morgan fingerprint density at radius 2 is 1.83 bits per heavy atom. The van der Waals surface area contributed by atoms with Crippen LogP contribution in [-0.4, -0.2) is 25.9 Å². The number of carbonyl (C=O) groups excluding carboxylic acids is 1. The maximum Gasteiger partial charge on any atom is 0.264 e. The van der Waals surface area contributed by atoms with Gasteiger partial charge >= 0.3 is 0 Å². The lowest BCUT2D eigenvalue weighted by molar-refractivity contribution is -0.115. The number of thiazole rings is 1. The first kappa shape index (κ1) is 24.1. The summed E-state index contributed by atoms with van der Waals surface area (Å²) in [7, 11) is -3.65. The van der Waals surface area contributed by atoms with Crippen molar-refractivity contribution in [2.75, 3.05) is 16.2 Å². The van der Waals surface area contributed by atoms with Gasteiger partial charge in [-0.05, 0) is 67.3 Å². The van der Waals surface area contributed by atoms with Gasteiger partial charge in [0.05, 0.1) is 22.7 Å². The van der Waals surface area contributed by atoms with Gasteiger partial charge in [-0.1, -0.05) is 36.4 Å². The highest BCUT2D eigenvalue weighted by atomic mass is 32.2. The molecule has 9 heteroatoms. The molecular weight excluding hydrogens is 497 g/mol. The van der Waals surface area contributed by atoms with E-state index >= 15 is 0 Å². The second kappa shape index (κ2) is 9.48. The molecule has 0 bridgehead atoms. The molecule has 0 fully saturated rings. The molecule has 1 aliphatic heterocycles. The Morgan fingerprint density at radius 3 is 2.58 bits per heavy atom. The van der Waals surface area contributed by atoms with E-state index in [1.54, 1.807) is 37.3 Å². The van der Waals surface area contributed by atoms with Crippen LogP contribution in [0, 0.1) is 19.7 Å². The summed E-state index contributed by atoms with van der Waals surface area (Å²) in [5.74, 6) is -0.572. The van der Waals surface area contributed by atoms with Gasteiger partial charge in [0.15, 0.2) is 5.13 Å². The van der Waals surface area contributed by atoms with Gasteiger partial charge < -0.3 is 5.32 Å². The van der Waals surface area contributed by atoms with Crippen molar-refractivity contribution in [2.45, 2.75) is 31.6 Å². The van der Waals surface area contributed by atoms with Gasteiger partial charge in [-0.3, -0.25) is 9.10 Å². The first-order valence-electron chi connectivity index (χ1n) is 11.5. The van der Waals surface area contributed by atoms with E-state index in [1.165, 1.54) is 27.8 Å². The molecule has 0 spiro atoms. The van der Waals surface area contributed by atoms with E-state index in [4.69, 9.17) is 0 Å². The van der Waals surface area contributed by atoms with Crippen LogP contribution in [0.15, 0.2) is 71.6 Å². The van der Waals surface area contributed by atoms with Crippen molar-refractivity contribution < 1.29 is 17.6 Å². The van der Waals surface area contributed by atoms with Crippen molar-refractivity contribution in [3.8, 4) is 11.3 Å². The zero-order chi connectivity index (χ0) is 25.4. The van der Waals surface area contributed by atoms with Crippen LogP contribution in [0.3, 0.4) is 0 Å². The summed E-state index contributed by atoms with van der Waals surface area (Å²) in [6, 6.07) is 18.5. The number of sulfonamides is 1. The SMILES string of the molecule is Cc1ccccc1S(=O)(=O)N1CCc2cc(-c3nc(NC(=O)Cc4ccc(F)cc4)sc3C)ccc21. The highest BCUT2D eigenvalue weighted by Gasteiger charge is 2.32. The Morgan fingerprint density at radius 1 is 1.08 bits per heavy atom. The number of nitrogens with zero attached hydrogens (tertiary/aromatic N) is 2. The molecule has 1 aliphatic rings. The average Bonchev–Trinajstić information content (AvgIpc) is 3.43. The van der Waals surface area contributed by atoms with Gasteiger partial charge in [-0.15, -0.1) is 11.3 Å². The maximum atomic E-state index is 13.3. The lowest BCUT2D eigenvalue weighted by atomic mass is 10.1. The molecule has 5 rings (SSSR count). The predicted octanol–water partition coefficient (Wildman–Crippen LogP) is 5.50. The quantitative estimate of drug-likeness (QED) is 0.364. The minimum atomic E-state index is -3.65. The van der Waals surface area contributed by atoms with Crippen molar-refractivity contribution in [1.82, 2.24) is 4.98 Å². The molecular formula is C27H24FN3O3S2. The lowest BCUT2D eigenvalue weighted by Gasteiger charge is -2.21. The summed E-state index contributed by atoms with van der Waals surface area (Å²) in [6.45, 7) is 4.12. The third kappa shape index (κ3) is 4.64. The van der Waals surface area contributed by atoms with Crippen LogP contribution in [0.1, 0.15) is 21.6 Å². The molecule has 36 heavy (non-hydrogen) atoms. The zero-order valence-corrected chi connectivity index (χ0v) is 21.4. The Bertz CT molecular complexity index is 1560. The average molecular weight is 522 g/mol. The molecule has 1 amide bonds. The molecule has 0 aliphatic carbocycles. The molecule has 2 heterocycles. The number of rotatable bonds is 6. The van der Waals surface area contributed by atoms with Crippen LogP contribution >= 0.6 is 11.3 Å². The van der Waals surface area contributed by atoms with E-state index in [9.17, 15) is 17.6 Å². The fourth-order valence-corrected chi connectivity index (χ4v) is 6.99. The summed E-state index contributed by atoms with van der Waals surface area (Å²) in [4.78, 5) is 18.3. The highest BCUT2D eigenvalue weighted by molar-refractivity contribution is 7.93. The summed E-state index contributed by atoms with van der Waals surface area (Å²) in [5, 5.41) is 3.31. The maximum absolute atomic E-state index is 13.3. The standard InChI is InChI=1S/C27H24FN3O3S2/c1-17-5-3-4-6-24(17)36(33,34)31-14-13-20-16-21(9-12-23(20)31)26-18(2)35-27(30-26)29-25(32)15-19-7-10-22(28)11-8-19/h3-12,16H,13-15H2,1-2H3,(H,29,30,32). The number of halogens is 1. The van der Waals surface area contributed by atoms with E-state index in [2.05, 4.69) is 10.3 Å². The number of anilines is 2. The molecule has 3 aromatic carbocycles. The van der Waals surface area contributed by atoms with E-state index in [0.29, 0.717) is 34.2 Å². The molecule has 6 nitrogen and oxygen atoms in total. The number of hydrogen-bond donors (Lipinski definition) is 1. The summed E-state index contributed by atoms with van der Waals surface area (Å²) in [6.07, 6.45) is 0.733. The molecule has 184 valence electrons. The van der Waals surface area contributed by atoms with Crippen molar-refractivity contribution in [3.63, 3.8) is 0 Å². The van der Waals surface area contributed by atoms with Gasteiger partial charge in [-0.25, -0.2) is 17.8 Å². The number of aromatic nitrogens is 1. The normalized spacial score (nSPS) is 13.0. The Balaban J connectivity index is 1.36. The second-order valence-corrected chi connectivity index (χ2v) is 11.7. The summed E-state index contributed by atoms with van der Waals surface area (Å²) >= 11 is 1.38. The fourth-order valence-electron chi connectivity index (χ4n) is 4.40. The van der Waals surface area contributed by atoms with Crippen LogP contribution in [-0.2, 0) is 27.7 Å². The minimum absolute atomic E-state index is 0.123. The number of nitrogens with one attached hydrogen (secondary N) is 1. The molecule has 0 saturated heterocycles. The van der Waals surface area contributed by atoms with Crippen LogP contribution in [0.4, 0.5) is 15.2 Å². The van der Waals surface area contributed by atoms with Crippen LogP contribution < -0.4 is 9.62 Å². The van der Waals surface area contributed by atoms with Crippen LogP contribution in [0.25, 0.3) is 11.3 Å². The fraction of sp³-hybridized carbons (Fsp3) is 0.185. The van der Waals surface area contributed by atoms with Gasteiger partial charge in [0.2, 0.25) is 5.91 Å². The Kier molecular flexibility index (Phi) is 6.36. The largest absolute Gasteiger partial charge is 0.302 e. The van der Waals surface area contributed by atoms with E-state index in [1.807, 2.05) is 31.2 Å². The van der Waals surface area contributed by atoms with Gasteiger partial charge in [0.1, 0.15) is 5.82 Å². The molecule has 0 unspecified atom stereocenters. The predicted molar refractivity (Wildman–Crippen MR) is 140 cm³/mol. The lowest BCUT2D eigenvalue weighted by Crippen LogP contribution is -2.29. The third-order valence-electron chi connectivity index (χ3n) is 6.19. The van der Waals surface area contributed by atoms with E-state index in [0.717, 1.165) is 27.3 Å². The van der Waals surface area contributed by atoms with E-state index in [-0.39, 0.29) is 18.1 Å². The van der Waals surface area contributed by atoms with Crippen LogP contribution in [0.2, 0.25) is 0 Å². The van der Waals surface area contributed by atoms with Gasteiger partial charge in [-0.2, -0.15) is 0 Å². The summed E-state index contributed by atoms with van der Waals surface area (Å²) < 4.78 is 41.2. The Labute approximate surface area is 213 Å². The van der Waals surface area contributed by atoms with Gasteiger partial charge in [0, 0.05) is 17.0 Å². The minimum Gasteiger partial charge on any atom is -0.302 e. The number of carbonyl (C=O) groups is 1. The number of aryl methyl sites for hydroxylation is 2. The summed E-state index contributed by atoms with van der Waals surface area (Å²) in [5.41, 5.74) is 4.68. The topological polar surface area (TPSA) is 79.4 Å². The number of amides is 1. The van der Waals surface area contributed by atoms with Gasteiger partial charge in [0.25, 0.3) is 10.0 Å². The molecule has 1 N–H and O–H groups in total. The number of benzene rings is 3. The zero-order valence-electron chi connectivity index (χ0n) is 19.8. The second-order valence-electron chi connectivity index (χ2n) is 8.71. The first-order chi connectivity index (χ1) is 17.2. The van der Waals surface area contributed by atoms with Crippen molar-refractivity contribution in [3.05, 3.63) is 94.1 Å². The van der Waals surface area contributed by atoms with Crippen molar-refractivity contribution >= 4 is 38.1 Å².